The summed E-state index contributed by atoms with van der Waals surface area (Å²) in [6.45, 7) is 7.72. The van der Waals surface area contributed by atoms with Crippen LogP contribution in [0.2, 0.25) is 0 Å². The van der Waals surface area contributed by atoms with E-state index in [0.717, 1.165) is 10.9 Å². The number of rotatable bonds is 9. The molecule has 9 nitrogen and oxygen atoms in total. The Morgan fingerprint density at radius 3 is 2.59 bits per heavy atom. The Kier molecular flexibility index (Phi) is 8.03. The Morgan fingerprint density at radius 1 is 1.24 bits per heavy atom. The standard InChI is InChI=1S/C24H27BrN4O5/c1-6-14(3)23-27-19-9-8-17(25)12-18(19)24(30)28(23)26-13-16-10-20(29(31)32)22(21(11-16)33-5)34-15(4)7-2/h8-15H,6-7H2,1-5H3/t14-,15+/m0/s1. The van der Waals surface area contributed by atoms with Gasteiger partial charge < -0.3 is 9.47 Å². The monoisotopic (exact) mass is 530 g/mol. The van der Waals surface area contributed by atoms with Crippen molar-refractivity contribution < 1.29 is 14.4 Å². The topological polar surface area (TPSA) is 109 Å². The Bertz CT molecular complexity index is 1300. The van der Waals surface area contributed by atoms with Gasteiger partial charge in [-0.05, 0) is 44.0 Å². The second-order valence-electron chi connectivity index (χ2n) is 7.97. The summed E-state index contributed by atoms with van der Waals surface area (Å²) in [4.78, 5) is 29.2. The first kappa shape index (κ1) is 25.4. The van der Waals surface area contributed by atoms with Crippen molar-refractivity contribution in [2.24, 2.45) is 5.10 Å². The van der Waals surface area contributed by atoms with Crippen molar-refractivity contribution in [1.29, 1.82) is 0 Å². The zero-order valence-electron chi connectivity index (χ0n) is 19.7. The molecule has 10 heteroatoms. The lowest BCUT2D eigenvalue weighted by Crippen LogP contribution is -2.23. The van der Waals surface area contributed by atoms with Gasteiger partial charge in [-0.1, -0.05) is 36.7 Å². The summed E-state index contributed by atoms with van der Waals surface area (Å²) < 4.78 is 13.1. The van der Waals surface area contributed by atoms with Crippen molar-refractivity contribution in [1.82, 2.24) is 9.66 Å². The van der Waals surface area contributed by atoms with E-state index in [1.807, 2.05) is 33.8 Å². The largest absolute Gasteiger partial charge is 0.493 e. The van der Waals surface area contributed by atoms with Gasteiger partial charge in [-0.15, -0.1) is 0 Å². The average Bonchev–Trinajstić information content (AvgIpc) is 2.83. The van der Waals surface area contributed by atoms with Gasteiger partial charge >= 0.3 is 5.69 Å². The van der Waals surface area contributed by atoms with Crippen molar-refractivity contribution >= 4 is 38.7 Å². The fourth-order valence-electron chi connectivity index (χ4n) is 3.28. The number of methoxy groups -OCH3 is 1. The number of hydrogen-bond donors (Lipinski definition) is 0. The molecule has 1 aromatic heterocycles. The van der Waals surface area contributed by atoms with Crippen molar-refractivity contribution in [2.45, 2.75) is 52.6 Å². The van der Waals surface area contributed by atoms with Crippen LogP contribution < -0.4 is 15.0 Å². The first-order chi connectivity index (χ1) is 16.2. The van der Waals surface area contributed by atoms with Crippen LogP contribution in [0, 0.1) is 10.1 Å². The van der Waals surface area contributed by atoms with Crippen molar-refractivity contribution in [3.63, 3.8) is 0 Å². The molecule has 0 unspecified atom stereocenters. The first-order valence-electron chi connectivity index (χ1n) is 11.0. The molecule has 0 bridgehead atoms. The second-order valence-corrected chi connectivity index (χ2v) is 8.88. The molecule has 0 aliphatic rings. The maximum absolute atomic E-state index is 13.3. The summed E-state index contributed by atoms with van der Waals surface area (Å²) >= 11 is 3.39. The molecule has 2 atom stereocenters. The Labute approximate surface area is 205 Å². The minimum Gasteiger partial charge on any atom is -0.493 e. The van der Waals surface area contributed by atoms with Gasteiger partial charge in [-0.3, -0.25) is 14.9 Å². The molecule has 0 spiro atoms. The molecular weight excluding hydrogens is 504 g/mol. The maximum Gasteiger partial charge on any atom is 0.315 e. The van der Waals surface area contributed by atoms with Crippen LogP contribution in [0.3, 0.4) is 0 Å². The minimum atomic E-state index is -0.524. The fourth-order valence-corrected chi connectivity index (χ4v) is 3.64. The molecule has 0 amide bonds. The Morgan fingerprint density at radius 2 is 1.97 bits per heavy atom. The predicted octanol–water partition coefficient (Wildman–Crippen LogP) is 5.65. The van der Waals surface area contributed by atoms with Gasteiger partial charge in [-0.2, -0.15) is 9.78 Å². The van der Waals surface area contributed by atoms with E-state index in [0.29, 0.717) is 28.7 Å². The number of nitro benzene ring substituents is 1. The van der Waals surface area contributed by atoms with Crippen LogP contribution in [0.5, 0.6) is 11.5 Å². The van der Waals surface area contributed by atoms with Crippen LogP contribution in [-0.4, -0.2) is 34.0 Å². The maximum atomic E-state index is 13.3. The van der Waals surface area contributed by atoms with Crippen molar-refractivity contribution in [3.8, 4) is 11.5 Å². The fraction of sp³-hybridized carbons (Fsp3) is 0.375. The van der Waals surface area contributed by atoms with E-state index in [9.17, 15) is 14.9 Å². The lowest BCUT2D eigenvalue weighted by molar-refractivity contribution is -0.386. The second kappa shape index (κ2) is 10.8. The molecule has 34 heavy (non-hydrogen) atoms. The van der Waals surface area contributed by atoms with E-state index in [1.54, 1.807) is 18.2 Å². The van der Waals surface area contributed by atoms with Crippen molar-refractivity contribution in [2.75, 3.05) is 7.11 Å². The van der Waals surface area contributed by atoms with Gasteiger partial charge in [0.05, 0.1) is 35.3 Å². The van der Waals surface area contributed by atoms with Crippen LogP contribution in [-0.2, 0) is 0 Å². The molecule has 0 aliphatic heterocycles. The third-order valence-electron chi connectivity index (χ3n) is 5.58. The molecule has 0 saturated carbocycles. The van der Waals surface area contributed by atoms with Gasteiger partial charge in [0.1, 0.15) is 5.82 Å². The molecule has 180 valence electrons. The van der Waals surface area contributed by atoms with E-state index in [1.165, 1.54) is 24.1 Å². The number of nitro groups is 1. The number of hydrogen-bond acceptors (Lipinski definition) is 7. The van der Waals surface area contributed by atoms with Crippen LogP contribution in [0.1, 0.15) is 57.8 Å². The first-order valence-corrected chi connectivity index (χ1v) is 11.8. The van der Waals surface area contributed by atoms with Gasteiger partial charge in [0.25, 0.3) is 5.56 Å². The molecule has 1 heterocycles. The van der Waals surface area contributed by atoms with E-state index >= 15 is 0 Å². The number of fused-ring (bicyclic) bond motifs is 1. The van der Waals surface area contributed by atoms with Gasteiger partial charge in [0, 0.05) is 22.0 Å². The molecule has 0 radical (unpaired) electrons. The smallest absolute Gasteiger partial charge is 0.315 e. The molecule has 0 N–H and O–H groups in total. The predicted molar refractivity (Wildman–Crippen MR) is 135 cm³/mol. The number of benzene rings is 2. The van der Waals surface area contributed by atoms with Crippen molar-refractivity contribution in [3.05, 3.63) is 66.7 Å². The summed E-state index contributed by atoms with van der Waals surface area (Å²) in [5, 5.41) is 16.6. The lowest BCUT2D eigenvalue weighted by atomic mass is 10.1. The van der Waals surface area contributed by atoms with E-state index in [2.05, 4.69) is 26.0 Å². The highest BCUT2D eigenvalue weighted by molar-refractivity contribution is 9.10. The zero-order chi connectivity index (χ0) is 25.0. The highest BCUT2D eigenvalue weighted by Crippen LogP contribution is 2.39. The normalized spacial score (nSPS) is 13.2. The molecule has 0 saturated heterocycles. The average molecular weight is 531 g/mol. The van der Waals surface area contributed by atoms with Crippen LogP contribution in [0.15, 0.2) is 44.7 Å². The van der Waals surface area contributed by atoms with Crippen LogP contribution >= 0.6 is 15.9 Å². The molecular formula is C24H27BrN4O5. The zero-order valence-corrected chi connectivity index (χ0v) is 21.3. The highest BCUT2D eigenvalue weighted by atomic mass is 79.9. The summed E-state index contributed by atoms with van der Waals surface area (Å²) in [5.41, 5.74) is 0.405. The van der Waals surface area contributed by atoms with Gasteiger partial charge in [0.15, 0.2) is 5.75 Å². The van der Waals surface area contributed by atoms with E-state index < -0.39 is 4.92 Å². The SMILES string of the molecule is CC[C@@H](C)Oc1c(OC)cc(C=Nn2c([C@@H](C)CC)nc3ccc(Br)cc3c2=O)cc1[N+](=O)[O-]. The lowest BCUT2D eigenvalue weighted by Gasteiger charge is -2.16. The van der Waals surface area contributed by atoms with Crippen LogP contribution in [0.25, 0.3) is 10.9 Å². The number of halogens is 1. The third kappa shape index (κ3) is 5.27. The minimum absolute atomic E-state index is 0.0342. The van der Waals surface area contributed by atoms with E-state index in [4.69, 9.17) is 9.47 Å². The highest BCUT2D eigenvalue weighted by Gasteiger charge is 2.24. The van der Waals surface area contributed by atoms with Gasteiger partial charge in [-0.25, -0.2) is 4.98 Å². The molecule has 2 aromatic carbocycles. The molecule has 3 aromatic rings. The quantitative estimate of drug-likeness (QED) is 0.201. The van der Waals surface area contributed by atoms with E-state index in [-0.39, 0.29) is 34.8 Å². The van der Waals surface area contributed by atoms with Crippen LogP contribution in [0.4, 0.5) is 5.69 Å². The number of nitrogens with zero attached hydrogens (tertiary/aromatic N) is 4. The molecule has 0 aliphatic carbocycles. The summed E-state index contributed by atoms with van der Waals surface area (Å²) in [6.07, 6.45) is 2.59. The third-order valence-corrected chi connectivity index (χ3v) is 6.07. The Balaban J connectivity index is 2.17. The molecule has 3 rings (SSSR count). The Hall–Kier alpha value is -3.27. The molecule has 0 fully saturated rings. The number of ether oxygens (including phenoxy) is 2. The van der Waals surface area contributed by atoms with Gasteiger partial charge in [0.2, 0.25) is 5.75 Å². The summed E-state index contributed by atoms with van der Waals surface area (Å²) in [7, 11) is 1.42. The summed E-state index contributed by atoms with van der Waals surface area (Å²) in [5.74, 6) is 0.754. The summed E-state index contributed by atoms with van der Waals surface area (Å²) in [6, 6.07) is 8.25. The number of aromatic nitrogens is 2.